The van der Waals surface area contributed by atoms with Crippen LogP contribution in [0.25, 0.3) is 0 Å². The maximum absolute atomic E-state index is 11.5. The van der Waals surface area contributed by atoms with Gasteiger partial charge in [-0.15, -0.1) is 0 Å². The minimum absolute atomic E-state index is 0.136. The first-order valence-corrected chi connectivity index (χ1v) is 7.68. The number of Topliss-reactive ketones (excluding diaryl/α,β-unsaturated/α-hetero) is 1. The molecular weight excluding hydrogens is 266 g/mol. The Bertz CT molecular complexity index is 473. The van der Waals surface area contributed by atoms with E-state index in [0.29, 0.717) is 0 Å². The average molecular weight is 291 g/mol. The van der Waals surface area contributed by atoms with Crippen molar-refractivity contribution in [3.8, 4) is 0 Å². The number of hydrogen-bond donors (Lipinski definition) is 0. The molecule has 0 saturated heterocycles. The van der Waals surface area contributed by atoms with Crippen molar-refractivity contribution in [2.75, 3.05) is 44.9 Å². The number of hydrogen-bond acceptors (Lipinski definition) is 4. The number of anilines is 1. The third-order valence-corrected chi connectivity index (χ3v) is 3.84. The lowest BCUT2D eigenvalue weighted by molar-refractivity contribution is 0.101. The van der Waals surface area contributed by atoms with E-state index in [2.05, 4.69) is 11.0 Å². The van der Waals surface area contributed by atoms with Crippen molar-refractivity contribution in [2.45, 2.75) is 26.2 Å². The van der Waals surface area contributed by atoms with E-state index < -0.39 is 0 Å². The van der Waals surface area contributed by atoms with Crippen LogP contribution in [0.4, 0.5) is 5.69 Å². The van der Waals surface area contributed by atoms with Gasteiger partial charge in [-0.1, -0.05) is 0 Å². The number of carbonyl (C=O) groups is 1. The first-order valence-electron chi connectivity index (χ1n) is 7.68. The van der Waals surface area contributed by atoms with Crippen molar-refractivity contribution >= 4 is 11.5 Å². The molecule has 0 aliphatic carbocycles. The van der Waals surface area contributed by atoms with Crippen LogP contribution in [0, 0.1) is 0 Å². The lowest BCUT2D eigenvalue weighted by Gasteiger charge is -2.31. The molecule has 2 rings (SSSR count). The van der Waals surface area contributed by atoms with E-state index in [1.165, 1.54) is 11.3 Å². The molecule has 0 amide bonds. The van der Waals surface area contributed by atoms with Crippen LogP contribution in [0.15, 0.2) is 18.2 Å². The van der Waals surface area contributed by atoms with Crippen molar-refractivity contribution in [2.24, 2.45) is 0 Å². The number of benzene rings is 1. The highest BCUT2D eigenvalue weighted by molar-refractivity contribution is 5.94. The summed E-state index contributed by atoms with van der Waals surface area (Å²) in [5, 5.41) is 0. The number of aryl methyl sites for hydroxylation is 1. The summed E-state index contributed by atoms with van der Waals surface area (Å²) in [6, 6.07) is 6.05. The first kappa shape index (κ1) is 16.0. The molecule has 0 saturated carbocycles. The highest BCUT2D eigenvalue weighted by Gasteiger charge is 2.17. The number of ketones is 1. The number of methoxy groups -OCH3 is 1. The molecule has 116 valence electrons. The maximum Gasteiger partial charge on any atom is 0.159 e. The molecule has 0 radical (unpaired) electrons. The van der Waals surface area contributed by atoms with Crippen LogP contribution in [0.1, 0.15) is 35.7 Å². The van der Waals surface area contributed by atoms with E-state index in [1.807, 2.05) is 12.1 Å². The Morgan fingerprint density at radius 3 is 2.90 bits per heavy atom. The Morgan fingerprint density at radius 2 is 2.14 bits per heavy atom. The fourth-order valence-corrected chi connectivity index (χ4v) is 2.71. The van der Waals surface area contributed by atoms with Gasteiger partial charge >= 0.3 is 0 Å². The third-order valence-electron chi connectivity index (χ3n) is 3.84. The second-order valence-corrected chi connectivity index (χ2v) is 5.45. The zero-order valence-electron chi connectivity index (χ0n) is 13.1. The van der Waals surface area contributed by atoms with Crippen LogP contribution in [0.5, 0.6) is 0 Å². The Morgan fingerprint density at radius 1 is 1.29 bits per heavy atom. The van der Waals surface area contributed by atoms with Crippen LogP contribution < -0.4 is 4.90 Å². The molecule has 21 heavy (non-hydrogen) atoms. The van der Waals surface area contributed by atoms with E-state index in [4.69, 9.17) is 9.47 Å². The van der Waals surface area contributed by atoms with Crippen molar-refractivity contribution in [1.82, 2.24) is 0 Å². The zero-order valence-corrected chi connectivity index (χ0v) is 13.1. The molecule has 0 fully saturated rings. The normalized spacial score (nSPS) is 14.1. The van der Waals surface area contributed by atoms with Crippen LogP contribution in [0.2, 0.25) is 0 Å². The van der Waals surface area contributed by atoms with Crippen molar-refractivity contribution in [3.05, 3.63) is 29.3 Å². The molecule has 0 atom stereocenters. The molecule has 0 unspecified atom stereocenters. The molecule has 0 spiro atoms. The highest BCUT2D eigenvalue weighted by Crippen LogP contribution is 2.27. The summed E-state index contributed by atoms with van der Waals surface area (Å²) in [5.74, 6) is 0.136. The molecule has 1 aliphatic rings. The Hall–Kier alpha value is -1.39. The molecule has 0 N–H and O–H groups in total. The molecule has 0 bridgehead atoms. The number of ether oxygens (including phenoxy) is 2. The molecule has 1 aromatic rings. The summed E-state index contributed by atoms with van der Waals surface area (Å²) in [4.78, 5) is 13.8. The van der Waals surface area contributed by atoms with Gasteiger partial charge < -0.3 is 14.4 Å². The molecule has 4 nitrogen and oxygen atoms in total. The monoisotopic (exact) mass is 291 g/mol. The lowest BCUT2D eigenvalue weighted by Crippen LogP contribution is -2.32. The van der Waals surface area contributed by atoms with Gasteiger partial charge in [-0.05, 0) is 49.9 Å². The summed E-state index contributed by atoms with van der Waals surface area (Å²) in [6.07, 6.45) is 3.13. The van der Waals surface area contributed by atoms with Gasteiger partial charge in [0.25, 0.3) is 0 Å². The van der Waals surface area contributed by atoms with Crippen molar-refractivity contribution in [3.63, 3.8) is 0 Å². The number of fused-ring (bicyclic) bond motifs is 1. The molecule has 1 aliphatic heterocycles. The van der Waals surface area contributed by atoms with Crippen molar-refractivity contribution in [1.29, 1.82) is 0 Å². The summed E-state index contributed by atoms with van der Waals surface area (Å²) >= 11 is 0. The maximum atomic E-state index is 11.5. The predicted molar refractivity (Wildman–Crippen MR) is 84.3 cm³/mol. The quantitative estimate of drug-likeness (QED) is 0.545. The van der Waals surface area contributed by atoms with Gasteiger partial charge in [-0.3, -0.25) is 4.79 Å². The second-order valence-electron chi connectivity index (χ2n) is 5.45. The SMILES string of the molecule is COCCCOCCN1CCCc2cc(C(C)=O)ccc21. The van der Waals surface area contributed by atoms with Gasteiger partial charge in [0.1, 0.15) is 0 Å². The average Bonchev–Trinajstić information content (AvgIpc) is 2.50. The smallest absolute Gasteiger partial charge is 0.159 e. The van der Waals surface area contributed by atoms with Gasteiger partial charge in [-0.25, -0.2) is 0 Å². The van der Waals surface area contributed by atoms with Gasteiger partial charge in [0.2, 0.25) is 0 Å². The van der Waals surface area contributed by atoms with E-state index >= 15 is 0 Å². The van der Waals surface area contributed by atoms with Crippen LogP contribution in [-0.2, 0) is 15.9 Å². The molecular formula is C17H25NO3. The minimum atomic E-state index is 0.136. The van der Waals surface area contributed by atoms with Gasteiger partial charge in [-0.2, -0.15) is 0 Å². The summed E-state index contributed by atoms with van der Waals surface area (Å²) in [5.41, 5.74) is 3.35. The van der Waals surface area contributed by atoms with Gasteiger partial charge in [0, 0.05) is 44.7 Å². The van der Waals surface area contributed by atoms with Gasteiger partial charge in [0.05, 0.1) is 6.61 Å². The fourth-order valence-electron chi connectivity index (χ4n) is 2.71. The van der Waals surface area contributed by atoms with Crippen LogP contribution >= 0.6 is 0 Å². The van der Waals surface area contributed by atoms with Crippen LogP contribution in [0.3, 0.4) is 0 Å². The molecule has 1 aromatic carbocycles. The van der Waals surface area contributed by atoms with E-state index in [0.717, 1.165) is 57.7 Å². The van der Waals surface area contributed by atoms with E-state index in [-0.39, 0.29) is 5.78 Å². The zero-order chi connectivity index (χ0) is 15.1. The summed E-state index contributed by atoms with van der Waals surface area (Å²) in [7, 11) is 1.71. The Labute approximate surface area is 127 Å². The predicted octanol–water partition coefficient (Wildman–Crippen LogP) is 2.69. The Balaban J connectivity index is 1.88. The number of rotatable bonds is 8. The second kappa shape index (κ2) is 8.15. The molecule has 1 heterocycles. The van der Waals surface area contributed by atoms with Gasteiger partial charge in [0.15, 0.2) is 5.78 Å². The van der Waals surface area contributed by atoms with E-state index in [9.17, 15) is 4.79 Å². The molecule has 0 aromatic heterocycles. The minimum Gasteiger partial charge on any atom is -0.385 e. The number of carbonyl (C=O) groups excluding carboxylic acids is 1. The standard InChI is InChI=1S/C17H25NO3/c1-14(19)15-6-7-17-16(13-15)5-3-8-18(17)9-12-21-11-4-10-20-2/h6-7,13H,3-5,8-12H2,1-2H3. The lowest BCUT2D eigenvalue weighted by atomic mass is 9.98. The van der Waals surface area contributed by atoms with E-state index in [1.54, 1.807) is 14.0 Å². The first-order chi connectivity index (χ1) is 10.2. The topological polar surface area (TPSA) is 38.8 Å². The highest BCUT2D eigenvalue weighted by atomic mass is 16.5. The third kappa shape index (κ3) is 4.55. The van der Waals surface area contributed by atoms with Crippen LogP contribution in [-0.4, -0.2) is 45.8 Å². The molecule has 4 heteroatoms. The summed E-state index contributed by atoms with van der Waals surface area (Å²) < 4.78 is 10.6. The fraction of sp³-hybridized carbons (Fsp3) is 0.588. The Kier molecular flexibility index (Phi) is 6.21. The van der Waals surface area contributed by atoms with Crippen molar-refractivity contribution < 1.29 is 14.3 Å². The number of nitrogens with zero attached hydrogens (tertiary/aromatic N) is 1. The summed E-state index contributed by atoms with van der Waals surface area (Å²) in [6.45, 7) is 5.82. The largest absolute Gasteiger partial charge is 0.385 e.